The van der Waals surface area contributed by atoms with Gasteiger partial charge in [0, 0.05) is 55.9 Å². The van der Waals surface area contributed by atoms with Crippen LogP contribution in [0.4, 0.5) is 0 Å². The molecule has 0 saturated carbocycles. The van der Waals surface area contributed by atoms with Crippen LogP contribution in [0, 0.1) is 6.92 Å². The number of ether oxygens (including phenoxy) is 1. The maximum absolute atomic E-state index is 13.2. The number of hydrogen-bond acceptors (Lipinski definition) is 5. The van der Waals surface area contributed by atoms with Crippen LogP contribution < -0.4 is 10.3 Å². The highest BCUT2D eigenvalue weighted by atomic mass is 16.5. The third-order valence-corrected chi connectivity index (χ3v) is 6.27. The zero-order valence-electron chi connectivity index (χ0n) is 18.7. The number of carbonyl (C=O) groups excluding carboxylic acids is 1. The Bertz CT molecular complexity index is 1370. The molecular formula is C26H25N3O4. The number of carbonyl (C=O) groups is 1. The van der Waals surface area contributed by atoms with Crippen molar-refractivity contribution in [2.24, 2.45) is 7.05 Å². The molecule has 168 valence electrons. The lowest BCUT2D eigenvalue weighted by molar-refractivity contribution is 0.0595. The zero-order valence-corrected chi connectivity index (χ0v) is 18.7. The maximum Gasteiger partial charge on any atom is 0.254 e. The summed E-state index contributed by atoms with van der Waals surface area (Å²) in [5, 5.41) is 4.96. The first-order valence-corrected chi connectivity index (χ1v) is 11.1. The van der Waals surface area contributed by atoms with Crippen LogP contribution in [0.3, 0.4) is 0 Å². The Morgan fingerprint density at radius 1 is 1.06 bits per heavy atom. The van der Waals surface area contributed by atoms with Gasteiger partial charge < -0.3 is 18.7 Å². The summed E-state index contributed by atoms with van der Waals surface area (Å²) in [6.07, 6.45) is 1.40. The molecule has 1 aliphatic heterocycles. The van der Waals surface area contributed by atoms with Crippen molar-refractivity contribution in [3.63, 3.8) is 0 Å². The number of hydrogen-bond donors (Lipinski definition) is 0. The van der Waals surface area contributed by atoms with Gasteiger partial charge in [-0.3, -0.25) is 9.59 Å². The molecule has 0 unspecified atom stereocenters. The summed E-state index contributed by atoms with van der Waals surface area (Å²) in [7, 11) is 1.74. The predicted molar refractivity (Wildman–Crippen MR) is 125 cm³/mol. The first-order chi connectivity index (χ1) is 16.0. The standard InChI is InChI=1S/C26H25N3O4/c1-17-14-21(16-24(30)28(17)2)32-20-10-12-29(13-11-20)26(31)19-8-9-23-22(15-19)25(33-27-23)18-6-4-3-5-7-18/h3-9,14-16,20H,10-13H2,1-2H3. The van der Waals surface area contributed by atoms with Gasteiger partial charge in [0.15, 0.2) is 5.76 Å². The summed E-state index contributed by atoms with van der Waals surface area (Å²) < 4.78 is 13.2. The third kappa shape index (κ3) is 4.14. The van der Waals surface area contributed by atoms with E-state index in [0.717, 1.165) is 22.2 Å². The van der Waals surface area contributed by atoms with Crippen LogP contribution in [-0.4, -0.2) is 39.7 Å². The van der Waals surface area contributed by atoms with E-state index in [2.05, 4.69) is 5.16 Å². The molecular weight excluding hydrogens is 418 g/mol. The number of piperidine rings is 1. The lowest BCUT2D eigenvalue weighted by Crippen LogP contribution is -2.41. The number of rotatable bonds is 4. The molecule has 1 saturated heterocycles. The first-order valence-electron chi connectivity index (χ1n) is 11.1. The summed E-state index contributed by atoms with van der Waals surface area (Å²) in [6, 6.07) is 18.6. The summed E-state index contributed by atoms with van der Waals surface area (Å²) in [4.78, 5) is 27.1. The lowest BCUT2D eigenvalue weighted by atomic mass is 10.0. The van der Waals surface area contributed by atoms with Crippen LogP contribution in [-0.2, 0) is 7.05 Å². The molecule has 4 aromatic rings. The van der Waals surface area contributed by atoms with Crippen molar-refractivity contribution < 1.29 is 14.1 Å². The minimum absolute atomic E-state index is 0.0139. The van der Waals surface area contributed by atoms with E-state index in [1.165, 1.54) is 6.07 Å². The molecule has 33 heavy (non-hydrogen) atoms. The number of nitrogens with zero attached hydrogens (tertiary/aromatic N) is 3. The Morgan fingerprint density at radius 3 is 2.55 bits per heavy atom. The molecule has 2 aromatic heterocycles. The number of aryl methyl sites for hydroxylation is 1. The number of benzene rings is 2. The molecule has 7 nitrogen and oxygen atoms in total. The molecule has 1 fully saturated rings. The highest BCUT2D eigenvalue weighted by Gasteiger charge is 2.25. The monoisotopic (exact) mass is 443 g/mol. The van der Waals surface area contributed by atoms with E-state index in [-0.39, 0.29) is 17.6 Å². The van der Waals surface area contributed by atoms with E-state index in [1.54, 1.807) is 17.7 Å². The Hall–Kier alpha value is -3.87. The largest absolute Gasteiger partial charge is 0.490 e. The van der Waals surface area contributed by atoms with E-state index in [0.29, 0.717) is 43.0 Å². The molecule has 1 amide bonds. The second-order valence-corrected chi connectivity index (χ2v) is 8.45. The van der Waals surface area contributed by atoms with E-state index in [1.807, 2.05) is 60.4 Å². The van der Waals surface area contributed by atoms with Gasteiger partial charge in [0.2, 0.25) is 0 Å². The van der Waals surface area contributed by atoms with Crippen molar-refractivity contribution in [3.8, 4) is 17.1 Å². The van der Waals surface area contributed by atoms with Crippen LogP contribution >= 0.6 is 0 Å². The van der Waals surface area contributed by atoms with Crippen molar-refractivity contribution in [1.82, 2.24) is 14.6 Å². The molecule has 0 aliphatic carbocycles. The van der Waals surface area contributed by atoms with E-state index in [4.69, 9.17) is 9.26 Å². The van der Waals surface area contributed by atoms with Crippen LogP contribution in [0.15, 0.2) is 70.0 Å². The fraction of sp³-hybridized carbons (Fsp3) is 0.269. The molecule has 0 spiro atoms. The highest BCUT2D eigenvalue weighted by Crippen LogP contribution is 2.30. The first kappa shape index (κ1) is 21.0. The third-order valence-electron chi connectivity index (χ3n) is 6.27. The van der Waals surface area contributed by atoms with Gasteiger partial charge in [-0.1, -0.05) is 35.5 Å². The smallest absolute Gasteiger partial charge is 0.254 e. The Balaban J connectivity index is 1.29. The summed E-state index contributed by atoms with van der Waals surface area (Å²) in [6.45, 7) is 3.08. The van der Waals surface area contributed by atoms with Gasteiger partial charge >= 0.3 is 0 Å². The SMILES string of the molecule is Cc1cc(OC2CCN(C(=O)c3ccc4noc(-c5ccccc5)c4c3)CC2)cc(=O)n1C. The van der Waals surface area contributed by atoms with Crippen LogP contribution in [0.25, 0.3) is 22.2 Å². The Morgan fingerprint density at radius 2 is 1.82 bits per heavy atom. The fourth-order valence-electron chi connectivity index (χ4n) is 4.23. The molecule has 1 aliphatic rings. The highest BCUT2D eigenvalue weighted by molar-refractivity contribution is 6.01. The second-order valence-electron chi connectivity index (χ2n) is 8.45. The predicted octanol–water partition coefficient (Wildman–Crippen LogP) is 4.19. The van der Waals surface area contributed by atoms with Crippen LogP contribution in [0.5, 0.6) is 5.75 Å². The average Bonchev–Trinajstić information content (AvgIpc) is 3.26. The molecule has 7 heteroatoms. The Labute approximate surface area is 191 Å². The fourth-order valence-corrected chi connectivity index (χ4v) is 4.23. The van der Waals surface area contributed by atoms with E-state index >= 15 is 0 Å². The molecule has 2 aromatic carbocycles. The van der Waals surface area contributed by atoms with Crippen LogP contribution in [0.1, 0.15) is 28.9 Å². The van der Waals surface area contributed by atoms with Crippen molar-refractivity contribution in [2.75, 3.05) is 13.1 Å². The molecule has 0 radical (unpaired) electrons. The quantitative estimate of drug-likeness (QED) is 0.473. The minimum atomic E-state index is -0.0865. The van der Waals surface area contributed by atoms with Gasteiger partial charge in [-0.05, 0) is 31.2 Å². The maximum atomic E-state index is 13.2. The molecule has 5 rings (SSSR count). The second kappa shape index (κ2) is 8.58. The van der Waals surface area contributed by atoms with Gasteiger partial charge in [0.1, 0.15) is 17.4 Å². The normalized spacial score (nSPS) is 14.5. The van der Waals surface area contributed by atoms with Gasteiger partial charge in [0.25, 0.3) is 11.5 Å². The number of pyridine rings is 1. The van der Waals surface area contributed by atoms with Crippen molar-refractivity contribution in [2.45, 2.75) is 25.9 Å². The van der Waals surface area contributed by atoms with Crippen molar-refractivity contribution in [1.29, 1.82) is 0 Å². The molecule has 0 bridgehead atoms. The van der Waals surface area contributed by atoms with Gasteiger partial charge in [-0.15, -0.1) is 0 Å². The summed E-state index contributed by atoms with van der Waals surface area (Å²) >= 11 is 0. The van der Waals surface area contributed by atoms with Gasteiger partial charge in [-0.2, -0.15) is 0 Å². The minimum Gasteiger partial charge on any atom is -0.490 e. The lowest BCUT2D eigenvalue weighted by Gasteiger charge is -2.32. The summed E-state index contributed by atoms with van der Waals surface area (Å²) in [5.74, 6) is 1.24. The topological polar surface area (TPSA) is 77.6 Å². The Kier molecular flexibility index (Phi) is 5.46. The number of aromatic nitrogens is 2. The number of likely N-dealkylation sites (tertiary alicyclic amines) is 1. The summed E-state index contributed by atoms with van der Waals surface area (Å²) in [5.41, 5.74) is 3.03. The molecule has 0 atom stereocenters. The van der Waals surface area contributed by atoms with E-state index < -0.39 is 0 Å². The van der Waals surface area contributed by atoms with Crippen LogP contribution in [0.2, 0.25) is 0 Å². The van der Waals surface area contributed by atoms with Gasteiger partial charge in [-0.25, -0.2) is 0 Å². The average molecular weight is 444 g/mol. The molecule has 0 N–H and O–H groups in total. The number of amides is 1. The van der Waals surface area contributed by atoms with E-state index in [9.17, 15) is 9.59 Å². The van der Waals surface area contributed by atoms with Gasteiger partial charge in [0.05, 0.1) is 5.39 Å². The van der Waals surface area contributed by atoms with Crippen molar-refractivity contribution >= 4 is 16.8 Å². The zero-order chi connectivity index (χ0) is 22.9. The molecule has 3 heterocycles. The van der Waals surface area contributed by atoms with Crippen molar-refractivity contribution in [3.05, 3.63) is 82.3 Å². The number of fused-ring (bicyclic) bond motifs is 1.